The van der Waals surface area contributed by atoms with Crippen LogP contribution in [0.25, 0.3) is 0 Å². The van der Waals surface area contributed by atoms with E-state index in [2.05, 4.69) is 0 Å². The number of carbonyl (C=O) groups excluding carboxylic acids is 1. The van der Waals surface area contributed by atoms with Crippen LogP contribution in [0.3, 0.4) is 0 Å². The van der Waals surface area contributed by atoms with Gasteiger partial charge in [-0.05, 0) is 54.2 Å². The molecule has 0 heterocycles. The van der Waals surface area contributed by atoms with Gasteiger partial charge in [0.2, 0.25) is 0 Å². The van der Waals surface area contributed by atoms with E-state index in [-0.39, 0.29) is 12.2 Å². The number of hydrogen-bond acceptors (Lipinski definition) is 1. The Bertz CT molecular complexity index is 679. The van der Waals surface area contributed by atoms with Crippen LogP contribution in [0.2, 0.25) is 5.02 Å². The van der Waals surface area contributed by atoms with Crippen molar-refractivity contribution in [3.05, 3.63) is 69.5 Å². The van der Waals surface area contributed by atoms with Gasteiger partial charge in [-0.2, -0.15) is 0 Å². The van der Waals surface area contributed by atoms with Gasteiger partial charge in [-0.1, -0.05) is 29.8 Å². The minimum absolute atomic E-state index is 0.0547. The zero-order chi connectivity index (χ0) is 14.1. The summed E-state index contributed by atoms with van der Waals surface area (Å²) in [4.78, 5) is 12.3. The Labute approximate surface area is 122 Å². The molecule has 0 radical (unpaired) electrons. The molecule has 0 amide bonds. The molecule has 0 aromatic heterocycles. The maximum Gasteiger partial charge on any atom is 0.167 e. The number of hydrogen-bond donors (Lipinski definition) is 0. The van der Waals surface area contributed by atoms with Crippen molar-refractivity contribution in [2.75, 3.05) is 0 Å². The molecule has 0 saturated heterocycles. The molecule has 0 atom stereocenters. The second kappa shape index (κ2) is 5.37. The molecule has 0 bridgehead atoms. The highest BCUT2D eigenvalue weighted by Gasteiger charge is 2.15. The van der Waals surface area contributed by atoms with Crippen LogP contribution in [0, 0.1) is 5.82 Å². The molecule has 0 saturated carbocycles. The molecule has 2 aromatic rings. The largest absolute Gasteiger partial charge is 0.294 e. The fourth-order valence-corrected chi connectivity index (χ4v) is 2.84. The summed E-state index contributed by atoms with van der Waals surface area (Å²) in [6.45, 7) is 0. The molecular formula is C17H14ClFO. The van der Waals surface area contributed by atoms with Crippen LogP contribution in [-0.4, -0.2) is 5.78 Å². The highest BCUT2D eigenvalue weighted by molar-refractivity contribution is 6.30. The third-order valence-corrected chi connectivity index (χ3v) is 4.02. The fraction of sp³-hybridized carbons (Fsp3) is 0.235. The predicted molar refractivity (Wildman–Crippen MR) is 77.9 cm³/mol. The third-order valence-electron chi connectivity index (χ3n) is 3.79. The number of carbonyl (C=O) groups is 1. The van der Waals surface area contributed by atoms with Crippen molar-refractivity contribution >= 4 is 17.4 Å². The Hall–Kier alpha value is -1.67. The molecule has 3 rings (SSSR count). The lowest BCUT2D eigenvalue weighted by atomic mass is 9.99. The molecule has 20 heavy (non-hydrogen) atoms. The summed E-state index contributed by atoms with van der Waals surface area (Å²) in [6, 6.07) is 10.2. The van der Waals surface area contributed by atoms with Crippen LogP contribution in [0.15, 0.2) is 36.4 Å². The number of rotatable bonds is 3. The van der Waals surface area contributed by atoms with E-state index in [4.69, 9.17) is 11.6 Å². The van der Waals surface area contributed by atoms with Crippen molar-refractivity contribution in [3.8, 4) is 0 Å². The SMILES string of the molecule is O=C(Cc1ccc(Cl)cc1F)c1ccc2c(c1)CCC2. The molecule has 2 aromatic carbocycles. The monoisotopic (exact) mass is 288 g/mol. The molecule has 0 spiro atoms. The summed E-state index contributed by atoms with van der Waals surface area (Å²) in [5.74, 6) is -0.479. The van der Waals surface area contributed by atoms with Crippen LogP contribution in [0.5, 0.6) is 0 Å². The van der Waals surface area contributed by atoms with Gasteiger partial charge in [0.15, 0.2) is 5.78 Å². The van der Waals surface area contributed by atoms with E-state index in [1.807, 2.05) is 18.2 Å². The van der Waals surface area contributed by atoms with Gasteiger partial charge in [0.25, 0.3) is 0 Å². The van der Waals surface area contributed by atoms with Crippen molar-refractivity contribution in [1.29, 1.82) is 0 Å². The lowest BCUT2D eigenvalue weighted by Crippen LogP contribution is -2.06. The number of benzene rings is 2. The van der Waals surface area contributed by atoms with E-state index in [1.165, 1.54) is 17.2 Å². The van der Waals surface area contributed by atoms with Gasteiger partial charge < -0.3 is 0 Å². The van der Waals surface area contributed by atoms with Crippen LogP contribution in [0.4, 0.5) is 4.39 Å². The Kier molecular flexibility index (Phi) is 3.58. The average molecular weight is 289 g/mol. The molecule has 0 fully saturated rings. The maximum atomic E-state index is 13.7. The first-order valence-electron chi connectivity index (χ1n) is 6.72. The first-order chi connectivity index (χ1) is 9.63. The van der Waals surface area contributed by atoms with Crippen molar-refractivity contribution in [1.82, 2.24) is 0 Å². The molecule has 1 aliphatic rings. The van der Waals surface area contributed by atoms with Gasteiger partial charge >= 0.3 is 0 Å². The van der Waals surface area contributed by atoms with Crippen molar-refractivity contribution in [3.63, 3.8) is 0 Å². The normalized spacial score (nSPS) is 13.3. The quantitative estimate of drug-likeness (QED) is 0.766. The molecule has 3 heteroatoms. The standard InChI is InChI=1S/C17H14ClFO/c18-15-7-6-13(16(19)10-15)9-17(20)14-5-4-11-2-1-3-12(11)8-14/h4-8,10H,1-3,9H2. The van der Waals surface area contributed by atoms with Crippen LogP contribution in [0.1, 0.15) is 33.5 Å². The van der Waals surface area contributed by atoms with Crippen LogP contribution < -0.4 is 0 Å². The lowest BCUT2D eigenvalue weighted by Gasteiger charge is -2.06. The summed E-state index contributed by atoms with van der Waals surface area (Å²) in [7, 11) is 0. The van der Waals surface area contributed by atoms with Gasteiger partial charge in [-0.3, -0.25) is 4.79 Å². The number of fused-ring (bicyclic) bond motifs is 1. The van der Waals surface area contributed by atoms with E-state index in [0.717, 1.165) is 19.3 Å². The van der Waals surface area contributed by atoms with Crippen molar-refractivity contribution < 1.29 is 9.18 Å². The maximum absolute atomic E-state index is 13.7. The number of halogens is 2. The van der Waals surface area contributed by atoms with Crippen molar-refractivity contribution in [2.24, 2.45) is 0 Å². The lowest BCUT2D eigenvalue weighted by molar-refractivity contribution is 0.0991. The number of Topliss-reactive ketones (excluding diaryl/α,β-unsaturated/α-hetero) is 1. The van der Waals surface area contributed by atoms with E-state index < -0.39 is 5.82 Å². The molecular weight excluding hydrogens is 275 g/mol. The summed E-state index contributed by atoms with van der Waals surface area (Å²) in [6.07, 6.45) is 3.35. The molecule has 0 N–H and O–H groups in total. The highest BCUT2D eigenvalue weighted by atomic mass is 35.5. The van der Waals surface area contributed by atoms with E-state index >= 15 is 0 Å². The molecule has 0 unspecified atom stereocenters. The van der Waals surface area contributed by atoms with Gasteiger partial charge in [0.1, 0.15) is 5.82 Å². The zero-order valence-electron chi connectivity index (χ0n) is 11.0. The van der Waals surface area contributed by atoms with E-state index in [1.54, 1.807) is 12.1 Å². The Morgan fingerprint density at radius 2 is 1.90 bits per heavy atom. The highest BCUT2D eigenvalue weighted by Crippen LogP contribution is 2.24. The summed E-state index contributed by atoms with van der Waals surface area (Å²) in [5, 5.41) is 0.344. The second-order valence-electron chi connectivity index (χ2n) is 5.17. The fourth-order valence-electron chi connectivity index (χ4n) is 2.69. The zero-order valence-corrected chi connectivity index (χ0v) is 11.7. The Morgan fingerprint density at radius 1 is 1.10 bits per heavy atom. The van der Waals surface area contributed by atoms with Gasteiger partial charge in [-0.25, -0.2) is 4.39 Å². The van der Waals surface area contributed by atoms with E-state index in [9.17, 15) is 9.18 Å². The minimum Gasteiger partial charge on any atom is -0.294 e. The Balaban J connectivity index is 1.82. The van der Waals surface area contributed by atoms with Crippen molar-refractivity contribution in [2.45, 2.75) is 25.7 Å². The molecule has 1 nitrogen and oxygen atoms in total. The Morgan fingerprint density at radius 3 is 2.70 bits per heavy atom. The number of ketones is 1. The second-order valence-corrected chi connectivity index (χ2v) is 5.61. The minimum atomic E-state index is -0.424. The first kappa shape index (κ1) is 13.3. The van der Waals surface area contributed by atoms with Gasteiger partial charge in [-0.15, -0.1) is 0 Å². The smallest absolute Gasteiger partial charge is 0.167 e. The van der Waals surface area contributed by atoms with Gasteiger partial charge in [0, 0.05) is 17.0 Å². The summed E-state index contributed by atoms with van der Waals surface area (Å²) < 4.78 is 13.7. The molecule has 0 aliphatic heterocycles. The topological polar surface area (TPSA) is 17.1 Å². The van der Waals surface area contributed by atoms with Gasteiger partial charge in [0.05, 0.1) is 0 Å². The predicted octanol–water partition coefficient (Wildman–Crippen LogP) is 4.39. The average Bonchev–Trinajstić information content (AvgIpc) is 2.89. The van der Waals surface area contributed by atoms with Crippen LogP contribution >= 0.6 is 11.6 Å². The third kappa shape index (κ3) is 2.61. The molecule has 102 valence electrons. The van der Waals surface area contributed by atoms with Crippen LogP contribution in [-0.2, 0) is 19.3 Å². The summed E-state index contributed by atoms with van der Waals surface area (Å²) in [5.41, 5.74) is 3.64. The first-order valence-corrected chi connectivity index (χ1v) is 7.10. The molecule has 1 aliphatic carbocycles. The summed E-state index contributed by atoms with van der Waals surface area (Å²) >= 11 is 5.71. The number of aryl methyl sites for hydroxylation is 2. The van der Waals surface area contributed by atoms with E-state index in [0.29, 0.717) is 16.1 Å².